The number of esters is 1. The van der Waals surface area contributed by atoms with E-state index in [0.29, 0.717) is 0 Å². The van der Waals surface area contributed by atoms with Gasteiger partial charge in [-0.3, -0.25) is 4.79 Å². The predicted molar refractivity (Wildman–Crippen MR) is 54.1 cm³/mol. The van der Waals surface area contributed by atoms with E-state index < -0.39 is 18.0 Å². The number of carboxylic acid groups (broad SMARTS) is 1. The predicted octanol–water partition coefficient (Wildman–Crippen LogP) is 0.148. The third-order valence-corrected chi connectivity index (χ3v) is 1.79. The fourth-order valence-electron chi connectivity index (χ4n) is 0.906. The number of aliphatic carboxylic acids is 1. The maximum absolute atomic E-state index is 11.0. The Bertz CT molecular complexity index is 390. The van der Waals surface area contributed by atoms with Crippen LogP contribution in [0.25, 0.3) is 0 Å². The molecular weight excluding hydrogens is 214 g/mol. The molecule has 7 nitrogen and oxygen atoms in total. The van der Waals surface area contributed by atoms with Crippen molar-refractivity contribution < 1.29 is 19.4 Å². The molecule has 0 saturated heterocycles. The number of aromatic nitrogens is 2. The summed E-state index contributed by atoms with van der Waals surface area (Å²) < 4.78 is 4.44. The lowest BCUT2D eigenvalue weighted by atomic mass is 10.3. The highest BCUT2D eigenvalue weighted by atomic mass is 16.5. The summed E-state index contributed by atoms with van der Waals surface area (Å²) in [7, 11) is 1.24. The average Bonchev–Trinajstić information content (AvgIpc) is 2.28. The Balaban J connectivity index is 2.72. The van der Waals surface area contributed by atoms with Crippen LogP contribution in [-0.4, -0.2) is 40.4 Å². The first-order chi connectivity index (χ1) is 7.54. The standard InChI is InChI=1S/C9H11N3O4/c1-5(8(13)14)10-7-4-3-6(11-12-7)9(15)16-2/h3-5H,1-2H3,(H,10,12)(H,13,14). The first kappa shape index (κ1) is 11.9. The van der Waals surface area contributed by atoms with Crippen LogP contribution in [0.5, 0.6) is 0 Å². The van der Waals surface area contributed by atoms with Crippen molar-refractivity contribution in [2.45, 2.75) is 13.0 Å². The Hall–Kier alpha value is -2.18. The van der Waals surface area contributed by atoms with Crippen molar-refractivity contribution in [1.82, 2.24) is 10.2 Å². The fraction of sp³-hybridized carbons (Fsp3) is 0.333. The van der Waals surface area contributed by atoms with Gasteiger partial charge < -0.3 is 15.2 Å². The van der Waals surface area contributed by atoms with Crippen LogP contribution in [0.15, 0.2) is 12.1 Å². The number of rotatable bonds is 4. The van der Waals surface area contributed by atoms with Crippen LogP contribution in [0.1, 0.15) is 17.4 Å². The van der Waals surface area contributed by atoms with Gasteiger partial charge >= 0.3 is 11.9 Å². The summed E-state index contributed by atoms with van der Waals surface area (Å²) in [6.07, 6.45) is 0. The highest BCUT2D eigenvalue weighted by Gasteiger charge is 2.12. The van der Waals surface area contributed by atoms with Gasteiger partial charge in [0.2, 0.25) is 0 Å². The van der Waals surface area contributed by atoms with Crippen molar-refractivity contribution >= 4 is 17.8 Å². The zero-order valence-electron chi connectivity index (χ0n) is 8.80. The van der Waals surface area contributed by atoms with Gasteiger partial charge in [-0.25, -0.2) is 4.79 Å². The van der Waals surface area contributed by atoms with E-state index in [-0.39, 0.29) is 11.5 Å². The molecule has 1 unspecified atom stereocenters. The maximum Gasteiger partial charge on any atom is 0.358 e. The van der Waals surface area contributed by atoms with Gasteiger partial charge in [0.25, 0.3) is 0 Å². The second-order valence-electron chi connectivity index (χ2n) is 3.00. The molecule has 2 N–H and O–H groups in total. The lowest BCUT2D eigenvalue weighted by Gasteiger charge is -2.08. The van der Waals surface area contributed by atoms with Gasteiger partial charge in [-0.2, -0.15) is 0 Å². The lowest BCUT2D eigenvalue weighted by Crippen LogP contribution is -2.26. The Labute approximate surface area is 91.4 Å². The fourth-order valence-corrected chi connectivity index (χ4v) is 0.906. The van der Waals surface area contributed by atoms with Crippen molar-refractivity contribution in [1.29, 1.82) is 0 Å². The SMILES string of the molecule is COC(=O)c1ccc(NC(C)C(=O)O)nn1. The van der Waals surface area contributed by atoms with Crippen LogP contribution >= 0.6 is 0 Å². The van der Waals surface area contributed by atoms with E-state index in [4.69, 9.17) is 5.11 Å². The number of methoxy groups -OCH3 is 1. The minimum absolute atomic E-state index is 0.0658. The minimum atomic E-state index is -1.00. The van der Waals surface area contributed by atoms with Crippen molar-refractivity contribution in [3.63, 3.8) is 0 Å². The molecule has 0 aliphatic rings. The van der Waals surface area contributed by atoms with E-state index in [2.05, 4.69) is 20.3 Å². The molecule has 1 rings (SSSR count). The summed E-state index contributed by atoms with van der Waals surface area (Å²) in [5.74, 6) is -1.31. The Morgan fingerprint density at radius 1 is 1.44 bits per heavy atom. The van der Waals surface area contributed by atoms with Crippen LogP contribution < -0.4 is 5.32 Å². The third-order valence-electron chi connectivity index (χ3n) is 1.79. The van der Waals surface area contributed by atoms with Gasteiger partial charge in [0.1, 0.15) is 11.9 Å². The zero-order chi connectivity index (χ0) is 12.1. The van der Waals surface area contributed by atoms with Crippen LogP contribution in [-0.2, 0) is 9.53 Å². The molecule has 0 fully saturated rings. The normalized spacial score (nSPS) is 11.6. The number of anilines is 1. The van der Waals surface area contributed by atoms with E-state index in [1.54, 1.807) is 0 Å². The first-order valence-electron chi connectivity index (χ1n) is 4.46. The molecule has 0 aliphatic carbocycles. The highest BCUT2D eigenvalue weighted by molar-refractivity contribution is 5.87. The van der Waals surface area contributed by atoms with Crippen LogP contribution in [0.2, 0.25) is 0 Å². The van der Waals surface area contributed by atoms with Crippen molar-refractivity contribution in [3.8, 4) is 0 Å². The van der Waals surface area contributed by atoms with E-state index in [0.717, 1.165) is 0 Å². The van der Waals surface area contributed by atoms with Gasteiger partial charge in [-0.1, -0.05) is 0 Å². The van der Waals surface area contributed by atoms with Gasteiger partial charge in [0.05, 0.1) is 7.11 Å². The molecular formula is C9H11N3O4. The quantitative estimate of drug-likeness (QED) is 0.703. The number of hydrogen-bond donors (Lipinski definition) is 2. The molecule has 0 spiro atoms. The molecule has 86 valence electrons. The monoisotopic (exact) mass is 225 g/mol. The molecule has 0 amide bonds. The Morgan fingerprint density at radius 2 is 2.12 bits per heavy atom. The molecule has 0 saturated carbocycles. The molecule has 0 aliphatic heterocycles. The van der Waals surface area contributed by atoms with Gasteiger partial charge in [0, 0.05) is 0 Å². The Morgan fingerprint density at radius 3 is 2.56 bits per heavy atom. The summed E-state index contributed by atoms with van der Waals surface area (Å²) >= 11 is 0. The summed E-state index contributed by atoms with van der Waals surface area (Å²) in [6, 6.07) is 2.08. The summed E-state index contributed by atoms with van der Waals surface area (Å²) in [5, 5.41) is 18.5. The van der Waals surface area contributed by atoms with Crippen molar-refractivity contribution in [2.24, 2.45) is 0 Å². The summed E-state index contributed by atoms with van der Waals surface area (Å²) in [4.78, 5) is 21.6. The number of nitrogens with one attached hydrogen (secondary N) is 1. The maximum atomic E-state index is 11.0. The van der Waals surface area contributed by atoms with Gasteiger partial charge in [0.15, 0.2) is 5.69 Å². The lowest BCUT2D eigenvalue weighted by molar-refractivity contribution is -0.137. The molecule has 1 aromatic rings. The molecule has 1 heterocycles. The van der Waals surface area contributed by atoms with Crippen LogP contribution in [0.4, 0.5) is 5.82 Å². The largest absolute Gasteiger partial charge is 0.480 e. The van der Waals surface area contributed by atoms with E-state index in [1.165, 1.54) is 26.2 Å². The molecule has 16 heavy (non-hydrogen) atoms. The molecule has 0 bridgehead atoms. The van der Waals surface area contributed by atoms with E-state index >= 15 is 0 Å². The topological polar surface area (TPSA) is 101 Å². The van der Waals surface area contributed by atoms with Crippen molar-refractivity contribution in [2.75, 3.05) is 12.4 Å². The molecule has 1 aromatic heterocycles. The number of nitrogens with zero attached hydrogens (tertiary/aromatic N) is 2. The Kier molecular flexibility index (Phi) is 3.76. The zero-order valence-corrected chi connectivity index (χ0v) is 8.80. The summed E-state index contributed by atoms with van der Waals surface area (Å²) in [5.41, 5.74) is 0.0658. The first-order valence-corrected chi connectivity index (χ1v) is 4.46. The van der Waals surface area contributed by atoms with E-state index in [1.807, 2.05) is 0 Å². The molecule has 0 radical (unpaired) electrons. The molecule has 0 aromatic carbocycles. The number of carbonyl (C=O) groups excluding carboxylic acids is 1. The third kappa shape index (κ3) is 2.91. The second-order valence-corrected chi connectivity index (χ2v) is 3.00. The molecule has 7 heteroatoms. The number of carboxylic acids is 1. The van der Waals surface area contributed by atoms with E-state index in [9.17, 15) is 9.59 Å². The summed E-state index contributed by atoms with van der Waals surface area (Å²) in [6.45, 7) is 1.47. The highest BCUT2D eigenvalue weighted by Crippen LogP contribution is 2.04. The number of hydrogen-bond acceptors (Lipinski definition) is 6. The van der Waals surface area contributed by atoms with Crippen LogP contribution in [0.3, 0.4) is 0 Å². The smallest absolute Gasteiger partial charge is 0.358 e. The minimum Gasteiger partial charge on any atom is -0.480 e. The molecule has 1 atom stereocenters. The van der Waals surface area contributed by atoms with Gasteiger partial charge in [-0.15, -0.1) is 10.2 Å². The number of carbonyl (C=O) groups is 2. The van der Waals surface area contributed by atoms with Crippen molar-refractivity contribution in [3.05, 3.63) is 17.8 Å². The van der Waals surface area contributed by atoms with Crippen LogP contribution in [0, 0.1) is 0 Å². The second kappa shape index (κ2) is 5.06. The van der Waals surface area contributed by atoms with Gasteiger partial charge in [-0.05, 0) is 19.1 Å². The average molecular weight is 225 g/mol. The number of ether oxygens (including phenoxy) is 1.